The van der Waals surface area contributed by atoms with Crippen molar-refractivity contribution in [2.75, 3.05) is 11.9 Å². The van der Waals surface area contributed by atoms with E-state index in [4.69, 9.17) is 5.26 Å². The number of halogens is 1. The Hall–Kier alpha value is -2.39. The number of nitrogens with zero attached hydrogens (tertiary/aromatic N) is 3. The maximum absolute atomic E-state index is 10.9. The van der Waals surface area contributed by atoms with Gasteiger partial charge in [-0.1, -0.05) is 6.07 Å². The SMILES string of the molecule is Cc1cc(N(C)c2cccc(C#N)c2)c(Br)cc1[N+](=O)[O-]. The van der Waals surface area contributed by atoms with Gasteiger partial charge in [-0.25, -0.2) is 0 Å². The molecule has 0 aliphatic carbocycles. The van der Waals surface area contributed by atoms with Gasteiger partial charge in [-0.05, 0) is 47.1 Å². The van der Waals surface area contributed by atoms with Crippen LogP contribution in [0.25, 0.3) is 0 Å². The molecular formula is C15H12BrN3O2. The Kier molecular flexibility index (Phi) is 4.24. The quantitative estimate of drug-likeness (QED) is 0.613. The number of nitro groups is 1. The molecule has 0 spiro atoms. The Morgan fingerprint density at radius 2 is 2.05 bits per heavy atom. The van der Waals surface area contributed by atoms with Gasteiger partial charge in [-0.15, -0.1) is 0 Å². The monoisotopic (exact) mass is 345 g/mol. The molecule has 0 amide bonds. The highest BCUT2D eigenvalue weighted by atomic mass is 79.9. The van der Waals surface area contributed by atoms with Gasteiger partial charge in [0.25, 0.3) is 5.69 Å². The summed E-state index contributed by atoms with van der Waals surface area (Å²) in [6.07, 6.45) is 0. The lowest BCUT2D eigenvalue weighted by Gasteiger charge is -2.21. The summed E-state index contributed by atoms with van der Waals surface area (Å²) < 4.78 is 0.629. The van der Waals surface area contributed by atoms with Crippen LogP contribution in [0.3, 0.4) is 0 Å². The average molecular weight is 346 g/mol. The number of aryl methyl sites for hydroxylation is 1. The second kappa shape index (κ2) is 5.94. The van der Waals surface area contributed by atoms with E-state index in [0.717, 1.165) is 11.4 Å². The van der Waals surface area contributed by atoms with Crippen molar-refractivity contribution in [2.45, 2.75) is 6.92 Å². The summed E-state index contributed by atoms with van der Waals surface area (Å²) in [4.78, 5) is 12.4. The fourth-order valence-electron chi connectivity index (χ4n) is 2.03. The van der Waals surface area contributed by atoms with E-state index in [1.165, 1.54) is 6.07 Å². The van der Waals surface area contributed by atoms with Crippen LogP contribution in [0.15, 0.2) is 40.9 Å². The number of hydrogen-bond acceptors (Lipinski definition) is 4. The lowest BCUT2D eigenvalue weighted by atomic mass is 10.1. The maximum atomic E-state index is 10.9. The molecule has 0 fully saturated rings. The largest absolute Gasteiger partial charge is 0.344 e. The summed E-state index contributed by atoms with van der Waals surface area (Å²) in [7, 11) is 1.85. The molecule has 0 saturated carbocycles. The zero-order chi connectivity index (χ0) is 15.6. The molecule has 0 heterocycles. The van der Waals surface area contributed by atoms with Crippen LogP contribution < -0.4 is 4.90 Å². The van der Waals surface area contributed by atoms with Crippen molar-refractivity contribution in [3.8, 4) is 6.07 Å². The summed E-state index contributed by atoms with van der Waals surface area (Å²) in [6, 6.07) is 12.5. The van der Waals surface area contributed by atoms with Crippen LogP contribution >= 0.6 is 15.9 Å². The van der Waals surface area contributed by atoms with Crippen LogP contribution in [-0.4, -0.2) is 12.0 Å². The Labute approximate surface area is 130 Å². The molecule has 2 aromatic rings. The van der Waals surface area contributed by atoms with E-state index in [9.17, 15) is 10.1 Å². The number of nitriles is 1. The van der Waals surface area contributed by atoms with Gasteiger partial charge in [0.1, 0.15) is 0 Å². The molecule has 5 nitrogen and oxygen atoms in total. The van der Waals surface area contributed by atoms with E-state index < -0.39 is 4.92 Å². The molecule has 0 saturated heterocycles. The van der Waals surface area contributed by atoms with Crippen molar-refractivity contribution in [1.82, 2.24) is 0 Å². The molecule has 0 atom stereocenters. The first-order valence-electron chi connectivity index (χ1n) is 6.12. The van der Waals surface area contributed by atoms with Crippen LogP contribution in [0.5, 0.6) is 0 Å². The Balaban J connectivity index is 2.48. The number of rotatable bonds is 3. The third-order valence-electron chi connectivity index (χ3n) is 3.19. The van der Waals surface area contributed by atoms with Crippen LogP contribution in [0.4, 0.5) is 17.1 Å². The number of hydrogen-bond donors (Lipinski definition) is 0. The second-order valence-corrected chi connectivity index (χ2v) is 5.42. The van der Waals surface area contributed by atoms with Crippen LogP contribution in [0.2, 0.25) is 0 Å². The van der Waals surface area contributed by atoms with Crippen LogP contribution in [-0.2, 0) is 0 Å². The zero-order valence-corrected chi connectivity index (χ0v) is 13.1. The first-order chi connectivity index (χ1) is 9.93. The third-order valence-corrected chi connectivity index (χ3v) is 3.82. The minimum atomic E-state index is -0.403. The average Bonchev–Trinajstić information content (AvgIpc) is 2.48. The molecule has 0 unspecified atom stereocenters. The summed E-state index contributed by atoms with van der Waals surface area (Å²) in [6.45, 7) is 1.70. The van der Waals surface area contributed by atoms with Crippen molar-refractivity contribution in [2.24, 2.45) is 0 Å². The van der Waals surface area contributed by atoms with Crippen molar-refractivity contribution < 1.29 is 4.92 Å². The van der Waals surface area contributed by atoms with Gasteiger partial charge in [0.05, 0.1) is 22.2 Å². The molecular weight excluding hydrogens is 334 g/mol. The molecule has 2 aromatic carbocycles. The molecule has 0 aliphatic rings. The van der Waals surface area contributed by atoms with E-state index in [1.54, 1.807) is 31.2 Å². The smallest absolute Gasteiger partial charge is 0.273 e. The standard InChI is InChI=1S/C15H12BrN3O2/c1-10-6-15(13(16)8-14(10)19(20)21)18(2)12-5-3-4-11(7-12)9-17/h3-8H,1-2H3. The lowest BCUT2D eigenvalue weighted by molar-refractivity contribution is -0.385. The van der Waals surface area contributed by atoms with Gasteiger partial charge >= 0.3 is 0 Å². The summed E-state index contributed by atoms with van der Waals surface area (Å²) >= 11 is 3.37. The van der Waals surface area contributed by atoms with Crippen molar-refractivity contribution in [1.29, 1.82) is 5.26 Å². The highest BCUT2D eigenvalue weighted by Crippen LogP contribution is 2.35. The van der Waals surface area contributed by atoms with E-state index in [1.807, 2.05) is 18.0 Å². The number of anilines is 2. The maximum Gasteiger partial charge on any atom is 0.273 e. The van der Waals surface area contributed by atoms with E-state index in [0.29, 0.717) is 15.6 Å². The number of benzene rings is 2. The minimum absolute atomic E-state index is 0.0739. The van der Waals surface area contributed by atoms with Gasteiger partial charge in [0, 0.05) is 28.8 Å². The van der Waals surface area contributed by atoms with Crippen LogP contribution in [0, 0.1) is 28.4 Å². The van der Waals surface area contributed by atoms with Crippen LogP contribution in [0.1, 0.15) is 11.1 Å². The highest BCUT2D eigenvalue weighted by molar-refractivity contribution is 9.10. The summed E-state index contributed by atoms with van der Waals surface area (Å²) in [5.41, 5.74) is 2.86. The first-order valence-corrected chi connectivity index (χ1v) is 6.91. The Morgan fingerprint density at radius 3 is 2.67 bits per heavy atom. The van der Waals surface area contributed by atoms with E-state index in [2.05, 4.69) is 22.0 Å². The Bertz CT molecular complexity index is 753. The molecule has 0 radical (unpaired) electrons. The van der Waals surface area contributed by atoms with Crippen molar-refractivity contribution >= 4 is 33.0 Å². The summed E-state index contributed by atoms with van der Waals surface area (Å²) in [5, 5.41) is 19.9. The molecule has 106 valence electrons. The normalized spacial score (nSPS) is 10.0. The zero-order valence-electron chi connectivity index (χ0n) is 11.5. The second-order valence-electron chi connectivity index (χ2n) is 4.57. The Morgan fingerprint density at radius 1 is 1.33 bits per heavy atom. The third kappa shape index (κ3) is 3.03. The first kappa shape index (κ1) is 15.0. The predicted octanol–water partition coefficient (Wildman–Crippen LogP) is 4.31. The van der Waals surface area contributed by atoms with E-state index >= 15 is 0 Å². The molecule has 0 aromatic heterocycles. The van der Waals surface area contributed by atoms with Crippen molar-refractivity contribution in [3.05, 3.63) is 62.1 Å². The van der Waals surface area contributed by atoms with Gasteiger partial charge in [-0.3, -0.25) is 10.1 Å². The van der Waals surface area contributed by atoms with Gasteiger partial charge < -0.3 is 4.90 Å². The fraction of sp³-hybridized carbons (Fsp3) is 0.133. The number of nitro benzene ring substituents is 1. The molecule has 6 heteroatoms. The predicted molar refractivity (Wildman–Crippen MR) is 84.8 cm³/mol. The van der Waals surface area contributed by atoms with Gasteiger partial charge in [0.2, 0.25) is 0 Å². The highest BCUT2D eigenvalue weighted by Gasteiger charge is 2.17. The van der Waals surface area contributed by atoms with E-state index in [-0.39, 0.29) is 5.69 Å². The molecule has 21 heavy (non-hydrogen) atoms. The summed E-state index contributed by atoms with van der Waals surface area (Å²) in [5.74, 6) is 0. The minimum Gasteiger partial charge on any atom is -0.344 e. The van der Waals surface area contributed by atoms with Gasteiger partial charge in [0.15, 0.2) is 0 Å². The lowest BCUT2D eigenvalue weighted by Crippen LogP contribution is -2.11. The molecule has 0 N–H and O–H groups in total. The molecule has 0 aliphatic heterocycles. The molecule has 0 bridgehead atoms. The topological polar surface area (TPSA) is 70.2 Å². The van der Waals surface area contributed by atoms with Crippen molar-refractivity contribution in [3.63, 3.8) is 0 Å². The molecule has 2 rings (SSSR count). The van der Waals surface area contributed by atoms with Gasteiger partial charge in [-0.2, -0.15) is 5.26 Å². The fourth-order valence-corrected chi connectivity index (χ4v) is 2.63.